The van der Waals surface area contributed by atoms with Crippen molar-refractivity contribution < 1.29 is 8.85 Å². The van der Waals surface area contributed by atoms with Gasteiger partial charge in [-0.15, -0.1) is 0 Å². The Bertz CT molecular complexity index is 174. The van der Waals surface area contributed by atoms with Gasteiger partial charge in [-0.2, -0.15) is 0 Å². The van der Waals surface area contributed by atoms with Crippen LogP contribution >= 0.6 is 0 Å². The summed E-state index contributed by atoms with van der Waals surface area (Å²) in [5.74, 6) is 0. The van der Waals surface area contributed by atoms with Crippen LogP contribution in [0.15, 0.2) is 11.3 Å². The first-order chi connectivity index (χ1) is 6.08. The molecule has 0 N–H and O–H groups in total. The van der Waals surface area contributed by atoms with Crippen molar-refractivity contribution in [2.45, 2.75) is 39.7 Å². The molecule has 0 fully saturated rings. The van der Waals surface area contributed by atoms with E-state index in [1.54, 1.807) is 14.2 Å². The number of hydrogen-bond donors (Lipinski definition) is 0. The molecule has 3 heteroatoms. The molecule has 0 amide bonds. The molecule has 0 spiro atoms. The van der Waals surface area contributed by atoms with Crippen LogP contribution in [0.25, 0.3) is 0 Å². The summed E-state index contributed by atoms with van der Waals surface area (Å²) in [7, 11) is 1.43. The molecule has 0 aliphatic rings. The van der Waals surface area contributed by atoms with Gasteiger partial charge in [0.05, 0.1) is 0 Å². The van der Waals surface area contributed by atoms with E-state index in [1.165, 1.54) is 5.20 Å². The van der Waals surface area contributed by atoms with Crippen LogP contribution in [-0.4, -0.2) is 22.8 Å². The normalized spacial score (nSPS) is 16.0. The molecule has 0 rings (SSSR count). The van der Waals surface area contributed by atoms with Gasteiger partial charge in [-0.3, -0.25) is 0 Å². The summed E-state index contributed by atoms with van der Waals surface area (Å²) in [6, 6.07) is 0. The van der Waals surface area contributed by atoms with Gasteiger partial charge in [0.2, 0.25) is 0 Å². The summed E-state index contributed by atoms with van der Waals surface area (Å²) in [5, 5.41) is 1.27. The predicted octanol–water partition coefficient (Wildman–Crippen LogP) is 3.03. The molecule has 1 atom stereocenters. The van der Waals surface area contributed by atoms with Crippen LogP contribution in [0.3, 0.4) is 0 Å². The van der Waals surface area contributed by atoms with Crippen molar-refractivity contribution in [2.24, 2.45) is 0 Å². The van der Waals surface area contributed by atoms with Gasteiger partial charge in [0.15, 0.2) is 0 Å². The van der Waals surface area contributed by atoms with Crippen molar-refractivity contribution >= 4 is 8.56 Å². The first kappa shape index (κ1) is 12.9. The Kier molecular flexibility index (Phi) is 5.52. The molecule has 0 bridgehead atoms. The minimum atomic E-state index is -2.09. The van der Waals surface area contributed by atoms with Gasteiger partial charge in [-0.1, -0.05) is 26.3 Å². The van der Waals surface area contributed by atoms with Gasteiger partial charge in [0.1, 0.15) is 0 Å². The maximum atomic E-state index is 5.64. The van der Waals surface area contributed by atoms with Crippen LogP contribution < -0.4 is 0 Å². The molecule has 0 radical (unpaired) electrons. The zero-order valence-corrected chi connectivity index (χ0v) is 10.7. The van der Waals surface area contributed by atoms with E-state index in [0.717, 1.165) is 6.42 Å². The fraction of sp³-hybridized carbons (Fsp3) is 0.800. The lowest BCUT2D eigenvalue weighted by Gasteiger charge is -2.33. The average molecular weight is 202 g/mol. The second-order valence-corrected chi connectivity index (χ2v) is 7.28. The van der Waals surface area contributed by atoms with Crippen molar-refractivity contribution in [3.05, 3.63) is 11.3 Å². The van der Waals surface area contributed by atoms with Crippen LogP contribution in [-0.2, 0) is 8.85 Å². The third kappa shape index (κ3) is 2.42. The summed E-state index contributed by atoms with van der Waals surface area (Å²) in [6.07, 6.45) is 3.20. The lowest BCUT2D eigenvalue weighted by atomic mass is 10.4. The van der Waals surface area contributed by atoms with E-state index < -0.39 is 8.56 Å². The third-order valence-corrected chi connectivity index (χ3v) is 7.16. The molecule has 0 aliphatic heterocycles. The molecular weight excluding hydrogens is 180 g/mol. The number of allylic oxidation sites excluding steroid dienone is 2. The Morgan fingerprint density at radius 2 is 1.85 bits per heavy atom. The van der Waals surface area contributed by atoms with Crippen molar-refractivity contribution in [1.29, 1.82) is 0 Å². The van der Waals surface area contributed by atoms with Crippen molar-refractivity contribution in [1.82, 2.24) is 0 Å². The van der Waals surface area contributed by atoms with Crippen LogP contribution in [0.2, 0.25) is 5.54 Å². The average Bonchev–Trinajstić information content (AvgIpc) is 2.19. The first-order valence-corrected chi connectivity index (χ1v) is 6.72. The Morgan fingerprint density at radius 1 is 1.38 bits per heavy atom. The maximum absolute atomic E-state index is 5.64. The molecule has 0 saturated carbocycles. The zero-order valence-electron chi connectivity index (χ0n) is 9.68. The molecule has 13 heavy (non-hydrogen) atoms. The number of hydrogen-bond acceptors (Lipinski definition) is 2. The van der Waals surface area contributed by atoms with E-state index in [9.17, 15) is 0 Å². The van der Waals surface area contributed by atoms with Crippen LogP contribution in [0, 0.1) is 0 Å². The van der Waals surface area contributed by atoms with Gasteiger partial charge < -0.3 is 8.85 Å². The largest absolute Gasteiger partial charge is 0.394 e. The summed E-state index contributed by atoms with van der Waals surface area (Å²) in [5.41, 5.74) is 0.499. The minimum Gasteiger partial charge on any atom is -0.394 e. The van der Waals surface area contributed by atoms with Gasteiger partial charge in [-0.25, -0.2) is 0 Å². The van der Waals surface area contributed by atoms with Crippen molar-refractivity contribution in [3.63, 3.8) is 0 Å². The summed E-state index contributed by atoms with van der Waals surface area (Å²) in [4.78, 5) is 0. The lowest BCUT2D eigenvalue weighted by molar-refractivity contribution is 0.239. The molecular formula is C10H22O2Si. The molecule has 0 aliphatic carbocycles. The molecule has 0 aromatic rings. The maximum Gasteiger partial charge on any atom is 0.370 e. The second-order valence-electron chi connectivity index (χ2n) is 3.36. The van der Waals surface area contributed by atoms with Crippen molar-refractivity contribution in [2.75, 3.05) is 14.2 Å². The SMILES string of the molecule is CC=C(C)[Si](OC)(OC)C(C)CC. The Balaban J connectivity index is 4.90. The highest BCUT2D eigenvalue weighted by Gasteiger charge is 2.42. The minimum absolute atomic E-state index is 0.499. The van der Waals surface area contributed by atoms with E-state index in [0.29, 0.717) is 5.54 Å². The van der Waals surface area contributed by atoms with Crippen LogP contribution in [0.1, 0.15) is 34.1 Å². The number of rotatable bonds is 5. The second kappa shape index (κ2) is 5.57. The van der Waals surface area contributed by atoms with E-state index in [4.69, 9.17) is 8.85 Å². The molecule has 0 aromatic carbocycles. The van der Waals surface area contributed by atoms with E-state index >= 15 is 0 Å². The molecule has 2 nitrogen and oxygen atoms in total. The van der Waals surface area contributed by atoms with E-state index in [-0.39, 0.29) is 0 Å². The highest BCUT2D eigenvalue weighted by atomic mass is 28.4. The Labute approximate surface area is 83.2 Å². The van der Waals surface area contributed by atoms with Gasteiger partial charge >= 0.3 is 8.56 Å². The van der Waals surface area contributed by atoms with Gasteiger partial charge in [0, 0.05) is 19.8 Å². The fourth-order valence-corrected chi connectivity index (χ4v) is 5.00. The predicted molar refractivity (Wildman–Crippen MR) is 58.9 cm³/mol. The summed E-state index contributed by atoms with van der Waals surface area (Å²) < 4.78 is 11.3. The molecule has 0 saturated heterocycles. The lowest BCUT2D eigenvalue weighted by Crippen LogP contribution is -2.45. The quantitative estimate of drug-likeness (QED) is 0.638. The molecule has 0 aromatic heterocycles. The standard InChI is InChI=1S/C10H22O2Si/c1-7-9(3)13(11-5,12-6)10(4)8-2/h7,10H,8H2,1-6H3. The monoisotopic (exact) mass is 202 g/mol. The fourth-order valence-electron chi connectivity index (χ4n) is 1.67. The topological polar surface area (TPSA) is 18.5 Å². The Hall–Kier alpha value is -0.123. The van der Waals surface area contributed by atoms with E-state index in [1.807, 2.05) is 6.92 Å². The van der Waals surface area contributed by atoms with Crippen molar-refractivity contribution in [3.8, 4) is 0 Å². The molecule has 0 heterocycles. The Morgan fingerprint density at radius 3 is 2.08 bits per heavy atom. The van der Waals surface area contributed by atoms with E-state index in [2.05, 4.69) is 26.8 Å². The first-order valence-electron chi connectivity index (χ1n) is 4.82. The zero-order chi connectivity index (χ0) is 10.5. The highest BCUT2D eigenvalue weighted by molar-refractivity contribution is 6.76. The third-order valence-electron chi connectivity index (χ3n) is 2.85. The van der Waals surface area contributed by atoms with Crippen LogP contribution in [0.5, 0.6) is 0 Å². The highest BCUT2D eigenvalue weighted by Crippen LogP contribution is 2.31. The molecule has 1 unspecified atom stereocenters. The smallest absolute Gasteiger partial charge is 0.370 e. The molecule has 78 valence electrons. The van der Waals surface area contributed by atoms with Gasteiger partial charge in [0.25, 0.3) is 0 Å². The summed E-state index contributed by atoms with van der Waals surface area (Å²) >= 11 is 0. The van der Waals surface area contributed by atoms with Gasteiger partial charge in [-0.05, 0) is 19.0 Å². The van der Waals surface area contributed by atoms with Crippen LogP contribution in [0.4, 0.5) is 0 Å². The summed E-state index contributed by atoms with van der Waals surface area (Å²) in [6.45, 7) is 8.52.